The highest BCUT2D eigenvalue weighted by Gasteiger charge is 2.48. The summed E-state index contributed by atoms with van der Waals surface area (Å²) in [5.41, 5.74) is 0.754. The first-order valence-corrected chi connectivity index (χ1v) is 10.8. The summed E-state index contributed by atoms with van der Waals surface area (Å²) in [5.74, 6) is 0.899. The fourth-order valence-electron chi connectivity index (χ4n) is 4.58. The molecule has 0 spiro atoms. The Hall–Kier alpha value is -1.55. The second kappa shape index (κ2) is 7.83. The maximum atomic E-state index is 13.4. The van der Waals surface area contributed by atoms with Gasteiger partial charge in [-0.25, -0.2) is 0 Å². The third kappa shape index (κ3) is 4.16. The molecular formula is C22H29ClN2O2. The van der Waals surface area contributed by atoms with Crippen LogP contribution in [0.2, 0.25) is 5.02 Å². The van der Waals surface area contributed by atoms with E-state index >= 15 is 0 Å². The molecule has 1 aromatic carbocycles. The van der Waals surface area contributed by atoms with E-state index in [1.807, 2.05) is 24.3 Å². The van der Waals surface area contributed by atoms with Gasteiger partial charge in [0.15, 0.2) is 0 Å². The number of nitrogens with one attached hydrogen (secondary N) is 1. The van der Waals surface area contributed by atoms with Gasteiger partial charge in [-0.3, -0.25) is 9.59 Å². The van der Waals surface area contributed by atoms with E-state index in [0.29, 0.717) is 23.4 Å². The van der Waals surface area contributed by atoms with Gasteiger partial charge >= 0.3 is 0 Å². The largest absolute Gasteiger partial charge is 0.353 e. The smallest absolute Gasteiger partial charge is 0.233 e. The third-order valence-corrected chi connectivity index (χ3v) is 6.79. The van der Waals surface area contributed by atoms with Crippen LogP contribution < -0.4 is 5.32 Å². The number of likely N-dealkylation sites (tertiary alicyclic amines) is 1. The van der Waals surface area contributed by atoms with E-state index < -0.39 is 0 Å². The number of rotatable bonds is 6. The quantitative estimate of drug-likeness (QED) is 0.798. The number of carbonyl (C=O) groups excluding carboxylic acids is 2. The van der Waals surface area contributed by atoms with Crippen molar-refractivity contribution < 1.29 is 9.59 Å². The molecule has 4 rings (SSSR count). The molecule has 4 nitrogen and oxygen atoms in total. The Labute approximate surface area is 166 Å². The van der Waals surface area contributed by atoms with E-state index in [-0.39, 0.29) is 17.2 Å². The van der Waals surface area contributed by atoms with Crippen molar-refractivity contribution in [2.75, 3.05) is 13.1 Å². The number of carbonyl (C=O) groups is 2. The molecule has 5 heteroatoms. The first kappa shape index (κ1) is 18.8. The van der Waals surface area contributed by atoms with Gasteiger partial charge in [-0.15, -0.1) is 0 Å². The van der Waals surface area contributed by atoms with Crippen LogP contribution in [-0.4, -0.2) is 35.8 Å². The molecule has 3 aliphatic rings. The number of amides is 2. The van der Waals surface area contributed by atoms with Crippen LogP contribution in [0, 0.1) is 5.92 Å². The standard InChI is InChI=1S/C22H29ClN2O2/c23-18-7-5-17(6-8-18)22(12-2-13-22)21(27)25-14-1-3-16(15-25)4-11-20(26)24-19-9-10-19/h5-8,16,19H,1-4,9-15H2,(H,24,26). The minimum atomic E-state index is -0.351. The summed E-state index contributed by atoms with van der Waals surface area (Å²) >= 11 is 6.04. The van der Waals surface area contributed by atoms with Crippen molar-refractivity contribution in [1.82, 2.24) is 10.2 Å². The van der Waals surface area contributed by atoms with Crippen molar-refractivity contribution in [3.05, 3.63) is 34.9 Å². The van der Waals surface area contributed by atoms with Gasteiger partial charge in [0, 0.05) is 30.6 Å². The number of piperidine rings is 1. The molecule has 2 saturated carbocycles. The Morgan fingerprint density at radius 1 is 1.11 bits per heavy atom. The number of halogens is 1. The zero-order valence-electron chi connectivity index (χ0n) is 15.9. The molecule has 1 aliphatic heterocycles. The lowest BCUT2D eigenvalue weighted by molar-refractivity contribution is -0.142. The maximum absolute atomic E-state index is 13.4. The van der Waals surface area contributed by atoms with E-state index in [1.54, 1.807) is 0 Å². The number of hydrogen-bond donors (Lipinski definition) is 1. The lowest BCUT2D eigenvalue weighted by Gasteiger charge is -2.46. The SMILES string of the molecule is O=C(CCC1CCCN(C(=O)C2(c3ccc(Cl)cc3)CCC2)C1)NC1CC1. The highest BCUT2D eigenvalue weighted by atomic mass is 35.5. The number of nitrogens with zero attached hydrogens (tertiary/aromatic N) is 1. The second-order valence-corrected chi connectivity index (χ2v) is 9.02. The molecule has 1 saturated heterocycles. The summed E-state index contributed by atoms with van der Waals surface area (Å²) in [4.78, 5) is 27.5. The third-order valence-electron chi connectivity index (χ3n) is 6.54. The molecule has 1 N–H and O–H groups in total. The molecule has 146 valence electrons. The molecule has 1 atom stereocenters. The van der Waals surface area contributed by atoms with Crippen LogP contribution in [0.1, 0.15) is 63.4 Å². The first-order valence-electron chi connectivity index (χ1n) is 10.4. The summed E-state index contributed by atoms with van der Waals surface area (Å²) in [6.07, 6.45) is 8.85. The van der Waals surface area contributed by atoms with E-state index in [1.165, 1.54) is 0 Å². The molecule has 3 fully saturated rings. The van der Waals surface area contributed by atoms with E-state index in [2.05, 4.69) is 10.2 Å². The molecule has 1 aromatic rings. The topological polar surface area (TPSA) is 49.4 Å². The van der Waals surface area contributed by atoms with Gasteiger partial charge < -0.3 is 10.2 Å². The summed E-state index contributed by atoms with van der Waals surface area (Å²) in [6.45, 7) is 1.64. The molecule has 2 aliphatic carbocycles. The van der Waals surface area contributed by atoms with Gasteiger partial charge in [-0.05, 0) is 68.6 Å². The van der Waals surface area contributed by atoms with Crippen molar-refractivity contribution >= 4 is 23.4 Å². The Morgan fingerprint density at radius 3 is 2.48 bits per heavy atom. The Bertz CT molecular complexity index is 695. The minimum Gasteiger partial charge on any atom is -0.353 e. The van der Waals surface area contributed by atoms with Crippen LogP contribution in [0.4, 0.5) is 0 Å². The number of benzene rings is 1. The van der Waals surface area contributed by atoms with E-state index in [4.69, 9.17) is 11.6 Å². The molecule has 1 unspecified atom stereocenters. The van der Waals surface area contributed by atoms with Crippen molar-refractivity contribution in [2.45, 2.75) is 69.2 Å². The molecule has 2 amide bonds. The zero-order chi connectivity index (χ0) is 18.9. The first-order chi connectivity index (χ1) is 13.1. The van der Waals surface area contributed by atoms with Crippen molar-refractivity contribution in [3.63, 3.8) is 0 Å². The maximum Gasteiger partial charge on any atom is 0.233 e. The monoisotopic (exact) mass is 388 g/mol. The minimum absolute atomic E-state index is 0.178. The van der Waals surface area contributed by atoms with Crippen molar-refractivity contribution in [1.29, 1.82) is 0 Å². The Kier molecular flexibility index (Phi) is 5.45. The average molecular weight is 389 g/mol. The highest BCUT2D eigenvalue weighted by Crippen LogP contribution is 2.46. The van der Waals surface area contributed by atoms with Gasteiger partial charge in [0.25, 0.3) is 0 Å². The zero-order valence-corrected chi connectivity index (χ0v) is 16.6. The van der Waals surface area contributed by atoms with Crippen LogP contribution in [0.15, 0.2) is 24.3 Å². The molecule has 27 heavy (non-hydrogen) atoms. The number of hydrogen-bond acceptors (Lipinski definition) is 2. The summed E-state index contributed by atoms with van der Waals surface area (Å²) in [7, 11) is 0. The lowest BCUT2D eigenvalue weighted by atomic mass is 9.63. The summed E-state index contributed by atoms with van der Waals surface area (Å²) < 4.78 is 0. The predicted molar refractivity (Wildman–Crippen MR) is 107 cm³/mol. The lowest BCUT2D eigenvalue weighted by Crippen LogP contribution is -2.53. The van der Waals surface area contributed by atoms with Crippen LogP contribution in [-0.2, 0) is 15.0 Å². The van der Waals surface area contributed by atoms with Gasteiger partial charge in [0.2, 0.25) is 11.8 Å². The van der Waals surface area contributed by atoms with E-state index in [0.717, 1.165) is 70.0 Å². The normalized spacial score (nSPS) is 24.2. The van der Waals surface area contributed by atoms with Gasteiger partial charge in [-0.1, -0.05) is 30.2 Å². The average Bonchev–Trinajstić information content (AvgIpc) is 3.45. The van der Waals surface area contributed by atoms with Crippen molar-refractivity contribution in [3.8, 4) is 0 Å². The molecule has 0 bridgehead atoms. The molecule has 1 heterocycles. The Balaban J connectivity index is 1.37. The van der Waals surface area contributed by atoms with E-state index in [9.17, 15) is 9.59 Å². The summed E-state index contributed by atoms with van der Waals surface area (Å²) in [5, 5.41) is 3.78. The van der Waals surface area contributed by atoms with Crippen molar-refractivity contribution in [2.24, 2.45) is 5.92 Å². The van der Waals surface area contributed by atoms with Gasteiger partial charge in [0.05, 0.1) is 5.41 Å². The fourth-order valence-corrected chi connectivity index (χ4v) is 4.70. The van der Waals surface area contributed by atoms with Crippen LogP contribution >= 0.6 is 11.6 Å². The highest BCUT2D eigenvalue weighted by molar-refractivity contribution is 6.30. The van der Waals surface area contributed by atoms with Crippen LogP contribution in [0.5, 0.6) is 0 Å². The molecule has 0 radical (unpaired) electrons. The van der Waals surface area contributed by atoms with Crippen LogP contribution in [0.3, 0.4) is 0 Å². The second-order valence-electron chi connectivity index (χ2n) is 8.58. The molecule has 0 aromatic heterocycles. The van der Waals surface area contributed by atoms with Gasteiger partial charge in [-0.2, -0.15) is 0 Å². The summed E-state index contributed by atoms with van der Waals surface area (Å²) in [6, 6.07) is 8.25. The predicted octanol–water partition coefficient (Wildman–Crippen LogP) is 4.06. The molecular weight excluding hydrogens is 360 g/mol. The van der Waals surface area contributed by atoms with Crippen LogP contribution in [0.25, 0.3) is 0 Å². The Morgan fingerprint density at radius 2 is 1.85 bits per heavy atom. The van der Waals surface area contributed by atoms with Gasteiger partial charge in [0.1, 0.15) is 0 Å². The fraction of sp³-hybridized carbons (Fsp3) is 0.636.